The van der Waals surface area contributed by atoms with E-state index in [1.807, 2.05) is 6.07 Å². The molecule has 1 saturated carbocycles. The SMILES string of the molecule is C=C[S+](=O)([O-])NCC(NC(=O)c1cccc2c1C(=O)NC2)C1CCCCC1. The standard InChI is InChI=1S/C19H25N3O4S/c1-2-27(25,26)21-12-16(13-7-4-3-5-8-13)22-18(23)15-10-6-9-14-11-20-19(24)17(14)15/h2,6,9-10,13,16H,1,3-5,7-8,11-12H2,(H3-,20,21,22,23,24,25,26). The molecule has 0 radical (unpaired) electrons. The molecule has 0 saturated heterocycles. The number of hydrogen-bond donors (Lipinski definition) is 3. The van der Waals surface area contributed by atoms with Gasteiger partial charge in [0.2, 0.25) is 0 Å². The second-order valence-electron chi connectivity index (χ2n) is 7.06. The van der Waals surface area contributed by atoms with Crippen molar-refractivity contribution < 1.29 is 18.4 Å². The van der Waals surface area contributed by atoms with Gasteiger partial charge in [-0.2, -0.15) is 0 Å². The molecule has 1 fully saturated rings. The van der Waals surface area contributed by atoms with E-state index in [2.05, 4.69) is 21.9 Å². The largest absolute Gasteiger partial charge is 0.593 e. The lowest BCUT2D eigenvalue weighted by molar-refractivity contribution is 0.0898. The Balaban J connectivity index is 1.78. The van der Waals surface area contributed by atoms with Gasteiger partial charge in [-0.05, 0) is 37.0 Å². The van der Waals surface area contributed by atoms with Crippen molar-refractivity contribution >= 4 is 22.2 Å². The van der Waals surface area contributed by atoms with Crippen molar-refractivity contribution in [3.8, 4) is 0 Å². The maximum Gasteiger partial charge on any atom is 0.252 e. The number of nitrogens with one attached hydrogen (secondary N) is 3. The molecule has 1 aliphatic carbocycles. The van der Waals surface area contributed by atoms with E-state index < -0.39 is 10.4 Å². The maximum absolute atomic E-state index is 12.9. The molecule has 2 aliphatic rings. The maximum atomic E-state index is 12.9. The van der Waals surface area contributed by atoms with Gasteiger partial charge in [0.1, 0.15) is 15.8 Å². The van der Waals surface area contributed by atoms with Gasteiger partial charge in [0.05, 0.1) is 17.7 Å². The van der Waals surface area contributed by atoms with E-state index in [0.29, 0.717) is 17.7 Å². The van der Waals surface area contributed by atoms with Gasteiger partial charge < -0.3 is 15.2 Å². The molecule has 8 heteroatoms. The van der Waals surface area contributed by atoms with Crippen LogP contribution in [0.3, 0.4) is 0 Å². The first-order valence-corrected chi connectivity index (χ1v) is 10.8. The summed E-state index contributed by atoms with van der Waals surface area (Å²) < 4.78 is 26.0. The minimum atomic E-state index is -3.57. The fraction of sp³-hybridized carbons (Fsp3) is 0.474. The first-order chi connectivity index (χ1) is 12.9. The van der Waals surface area contributed by atoms with Crippen molar-refractivity contribution in [1.82, 2.24) is 15.4 Å². The third-order valence-corrected chi connectivity index (χ3v) is 6.33. The van der Waals surface area contributed by atoms with E-state index in [-0.39, 0.29) is 30.3 Å². The summed E-state index contributed by atoms with van der Waals surface area (Å²) >= 11 is 0. The number of carbonyl (C=O) groups excluding carboxylic acids is 2. The summed E-state index contributed by atoms with van der Waals surface area (Å²) in [6, 6.07) is 4.86. The van der Waals surface area contributed by atoms with Crippen LogP contribution < -0.4 is 15.4 Å². The van der Waals surface area contributed by atoms with E-state index in [0.717, 1.165) is 43.1 Å². The highest BCUT2D eigenvalue weighted by atomic mass is 32.3. The van der Waals surface area contributed by atoms with Crippen molar-refractivity contribution in [1.29, 1.82) is 0 Å². The molecular weight excluding hydrogens is 366 g/mol. The average Bonchev–Trinajstić information content (AvgIpc) is 3.07. The lowest BCUT2D eigenvalue weighted by atomic mass is 9.83. The normalized spacial score (nSPS) is 20.3. The number of fused-ring (bicyclic) bond motifs is 1. The second-order valence-corrected chi connectivity index (χ2v) is 8.77. The summed E-state index contributed by atoms with van der Waals surface area (Å²) in [5.41, 5.74) is 1.54. The Morgan fingerprint density at radius 1 is 1.37 bits per heavy atom. The Hall–Kier alpha value is -2.03. The number of amides is 2. The fourth-order valence-corrected chi connectivity index (χ4v) is 4.38. The highest BCUT2D eigenvalue weighted by molar-refractivity contribution is 7.98. The van der Waals surface area contributed by atoms with E-state index in [1.165, 1.54) is 0 Å². The van der Waals surface area contributed by atoms with Crippen molar-refractivity contribution in [2.45, 2.75) is 44.7 Å². The van der Waals surface area contributed by atoms with Crippen molar-refractivity contribution in [3.63, 3.8) is 0 Å². The van der Waals surface area contributed by atoms with Gasteiger partial charge in [-0.25, -0.2) is 0 Å². The molecule has 2 atom stereocenters. The van der Waals surface area contributed by atoms with Crippen LogP contribution in [0.2, 0.25) is 0 Å². The third-order valence-electron chi connectivity index (χ3n) is 5.32. The van der Waals surface area contributed by atoms with Crippen LogP contribution in [-0.4, -0.2) is 29.0 Å². The summed E-state index contributed by atoms with van der Waals surface area (Å²) in [5, 5.41) is 6.56. The van der Waals surface area contributed by atoms with E-state index in [1.54, 1.807) is 12.1 Å². The third kappa shape index (κ3) is 4.63. The highest BCUT2D eigenvalue weighted by Crippen LogP contribution is 2.27. The summed E-state index contributed by atoms with van der Waals surface area (Å²) in [6.45, 7) is 3.82. The predicted octanol–water partition coefficient (Wildman–Crippen LogP) is 1.89. The summed E-state index contributed by atoms with van der Waals surface area (Å²) in [4.78, 5) is 25.0. The van der Waals surface area contributed by atoms with Gasteiger partial charge >= 0.3 is 0 Å². The average molecular weight is 391 g/mol. The second kappa shape index (κ2) is 8.33. The van der Waals surface area contributed by atoms with Crippen LogP contribution in [0, 0.1) is 5.92 Å². The minimum Gasteiger partial charge on any atom is -0.593 e. The topological polar surface area (TPSA) is 110 Å². The molecule has 2 amide bonds. The molecule has 27 heavy (non-hydrogen) atoms. The molecule has 1 aromatic carbocycles. The molecule has 1 heterocycles. The van der Waals surface area contributed by atoms with Gasteiger partial charge in [-0.1, -0.05) is 35.6 Å². The Morgan fingerprint density at radius 2 is 2.11 bits per heavy atom. The Kier molecular flexibility index (Phi) is 6.08. The van der Waals surface area contributed by atoms with Crippen LogP contribution in [0.15, 0.2) is 30.2 Å². The Bertz CT molecular complexity index is 789. The summed E-state index contributed by atoms with van der Waals surface area (Å²) in [5.74, 6) is -0.407. The van der Waals surface area contributed by atoms with E-state index in [9.17, 15) is 18.4 Å². The number of carbonyl (C=O) groups is 2. The molecular formula is C19H25N3O4S. The molecule has 1 aliphatic heterocycles. The van der Waals surface area contributed by atoms with E-state index in [4.69, 9.17) is 0 Å². The predicted molar refractivity (Wildman–Crippen MR) is 102 cm³/mol. The van der Waals surface area contributed by atoms with Crippen LogP contribution in [0.1, 0.15) is 58.4 Å². The highest BCUT2D eigenvalue weighted by Gasteiger charge is 2.30. The lowest BCUT2D eigenvalue weighted by Gasteiger charge is -2.31. The van der Waals surface area contributed by atoms with Crippen LogP contribution in [0.25, 0.3) is 0 Å². The molecule has 3 N–H and O–H groups in total. The zero-order valence-corrected chi connectivity index (χ0v) is 16.0. The van der Waals surface area contributed by atoms with Crippen LogP contribution >= 0.6 is 0 Å². The van der Waals surface area contributed by atoms with E-state index >= 15 is 0 Å². The Labute approximate surface area is 160 Å². The van der Waals surface area contributed by atoms with Gasteiger partial charge in [0.15, 0.2) is 0 Å². The number of benzene rings is 1. The molecule has 1 aromatic rings. The number of rotatable bonds is 7. The Morgan fingerprint density at radius 3 is 2.81 bits per heavy atom. The summed E-state index contributed by atoms with van der Waals surface area (Å²) in [7, 11) is -3.57. The van der Waals surface area contributed by atoms with Crippen LogP contribution in [-0.2, 0) is 21.2 Å². The lowest BCUT2D eigenvalue weighted by Crippen LogP contribution is -2.49. The fourth-order valence-electron chi connectivity index (χ4n) is 3.85. The van der Waals surface area contributed by atoms with Crippen LogP contribution in [0.4, 0.5) is 0 Å². The summed E-state index contributed by atoms with van der Waals surface area (Å²) in [6.07, 6.45) is 5.16. The zero-order chi connectivity index (χ0) is 19.4. The molecule has 3 rings (SSSR count). The number of sulfonamides is 1. The monoisotopic (exact) mass is 391 g/mol. The van der Waals surface area contributed by atoms with Gasteiger partial charge in [-0.15, -0.1) is 4.72 Å². The van der Waals surface area contributed by atoms with Crippen LogP contribution in [0.5, 0.6) is 0 Å². The van der Waals surface area contributed by atoms with Crippen molar-refractivity contribution in [2.75, 3.05) is 6.54 Å². The minimum absolute atomic E-state index is 0.103. The zero-order valence-electron chi connectivity index (χ0n) is 15.2. The molecule has 2 unspecified atom stereocenters. The first-order valence-electron chi connectivity index (χ1n) is 9.24. The van der Waals surface area contributed by atoms with Crippen molar-refractivity contribution in [3.05, 3.63) is 46.9 Å². The molecule has 146 valence electrons. The molecule has 7 nitrogen and oxygen atoms in total. The van der Waals surface area contributed by atoms with Gasteiger partial charge in [0, 0.05) is 12.6 Å². The quantitative estimate of drug-likeness (QED) is 0.616. The van der Waals surface area contributed by atoms with Gasteiger partial charge in [-0.3, -0.25) is 9.59 Å². The molecule has 0 spiro atoms. The molecule has 0 aromatic heterocycles. The number of hydrogen-bond acceptors (Lipinski definition) is 4. The first kappa shape index (κ1) is 19.7. The smallest absolute Gasteiger partial charge is 0.252 e. The van der Waals surface area contributed by atoms with Gasteiger partial charge in [0.25, 0.3) is 11.8 Å². The van der Waals surface area contributed by atoms with Crippen molar-refractivity contribution in [2.24, 2.45) is 5.92 Å². The molecule has 0 bridgehead atoms.